The summed E-state index contributed by atoms with van der Waals surface area (Å²) in [6, 6.07) is 5.53. The van der Waals surface area contributed by atoms with Crippen molar-refractivity contribution in [3.8, 4) is 11.3 Å². The molecule has 2 aromatic heterocycles. The Morgan fingerprint density at radius 3 is 2.55 bits per heavy atom. The molecule has 6 nitrogen and oxygen atoms in total. The minimum atomic E-state index is -4.89. The minimum Gasteiger partial charge on any atom is -0.464 e. The van der Waals surface area contributed by atoms with Gasteiger partial charge in [-0.25, -0.2) is 4.98 Å². The van der Waals surface area contributed by atoms with Crippen molar-refractivity contribution in [1.29, 1.82) is 0 Å². The molecule has 0 bridgehead atoms. The summed E-state index contributed by atoms with van der Waals surface area (Å²) in [6.07, 6.45) is -9.33. The fraction of sp³-hybridized carbons (Fsp3) is 0.278. The van der Waals surface area contributed by atoms with Crippen LogP contribution in [0.4, 0.5) is 31.5 Å². The predicted molar refractivity (Wildman–Crippen MR) is 97.4 cm³/mol. The number of hydrogen-bond donors (Lipinski definition) is 2. The molecule has 0 aliphatic carbocycles. The number of carbonyl (C=O) groups excluding carboxylic acids is 1. The van der Waals surface area contributed by atoms with E-state index in [2.05, 4.69) is 14.7 Å². The van der Waals surface area contributed by atoms with Crippen LogP contribution in [0, 0.1) is 0 Å². The van der Waals surface area contributed by atoms with E-state index in [-0.39, 0.29) is 27.8 Å². The average molecular weight is 465 g/mol. The highest BCUT2D eigenvalue weighted by molar-refractivity contribution is 7.09. The van der Waals surface area contributed by atoms with Crippen LogP contribution in [-0.2, 0) is 12.6 Å². The number of aliphatic hydroxyl groups is 1. The van der Waals surface area contributed by atoms with E-state index in [1.165, 1.54) is 18.2 Å². The van der Waals surface area contributed by atoms with E-state index in [0.29, 0.717) is 18.5 Å². The van der Waals surface area contributed by atoms with Gasteiger partial charge in [0, 0.05) is 23.5 Å². The number of hydrogen-bond acceptors (Lipinski definition) is 6. The highest BCUT2D eigenvalue weighted by Crippen LogP contribution is 2.34. The maximum Gasteiger partial charge on any atom is 0.417 e. The summed E-state index contributed by atoms with van der Waals surface area (Å²) < 4.78 is 85.6. The molecule has 0 saturated heterocycles. The lowest BCUT2D eigenvalue weighted by Crippen LogP contribution is -2.44. The molecule has 0 aliphatic rings. The molecule has 1 amide bonds. The third kappa shape index (κ3) is 5.22. The largest absolute Gasteiger partial charge is 0.464 e. The van der Waals surface area contributed by atoms with E-state index < -0.39 is 35.8 Å². The van der Waals surface area contributed by atoms with Gasteiger partial charge in [0.15, 0.2) is 5.60 Å². The van der Waals surface area contributed by atoms with Gasteiger partial charge in [-0.05, 0) is 25.1 Å². The van der Waals surface area contributed by atoms with Gasteiger partial charge < -0.3 is 9.52 Å². The van der Waals surface area contributed by atoms with Gasteiger partial charge in [-0.2, -0.15) is 30.7 Å². The quantitative estimate of drug-likeness (QED) is 0.522. The zero-order chi connectivity index (χ0) is 23.0. The highest BCUT2D eigenvalue weighted by atomic mass is 32.1. The molecule has 0 saturated carbocycles. The van der Waals surface area contributed by atoms with Gasteiger partial charge in [0.05, 0.1) is 11.1 Å². The number of benzene rings is 1. The Hall–Kier alpha value is -2.93. The van der Waals surface area contributed by atoms with Crippen LogP contribution in [0.2, 0.25) is 0 Å². The first-order valence-electron chi connectivity index (χ1n) is 8.45. The minimum absolute atomic E-state index is 0.00965. The van der Waals surface area contributed by atoms with Crippen LogP contribution in [-0.4, -0.2) is 32.1 Å². The molecule has 3 rings (SSSR count). The Labute approximate surface area is 174 Å². The molecule has 0 radical (unpaired) electrons. The van der Waals surface area contributed by atoms with E-state index in [9.17, 15) is 36.2 Å². The molecule has 2 N–H and O–H groups in total. The molecule has 0 fully saturated rings. The standard InChI is InChI=1S/C18H13F6N3O3S/c1-16(29,18(22,23)24)7-13-25-15(31-27-13)26-14(28)10-6-12(30-8-10)9-3-2-4-11(5-9)17(19,20)21/h2-6,8,29H,7H2,1H3,(H,25,26,27,28). The first-order valence-corrected chi connectivity index (χ1v) is 9.23. The maximum atomic E-state index is 12.8. The van der Waals surface area contributed by atoms with Crippen LogP contribution in [0.3, 0.4) is 0 Å². The Kier molecular flexibility index (Phi) is 5.84. The molecule has 3 aromatic rings. The number of amides is 1. The lowest BCUT2D eigenvalue weighted by atomic mass is 10.0. The number of nitrogens with zero attached hydrogens (tertiary/aromatic N) is 2. The molecular weight excluding hydrogens is 452 g/mol. The molecule has 0 aliphatic heterocycles. The number of alkyl halides is 6. The van der Waals surface area contributed by atoms with E-state index >= 15 is 0 Å². The van der Waals surface area contributed by atoms with E-state index in [1.54, 1.807) is 0 Å². The molecule has 13 heteroatoms. The summed E-state index contributed by atoms with van der Waals surface area (Å²) in [5.41, 5.74) is -3.88. The third-order valence-corrected chi connectivity index (χ3v) is 4.81. The molecule has 1 atom stereocenters. The van der Waals surface area contributed by atoms with Crippen LogP contribution in [0.1, 0.15) is 28.7 Å². The Balaban J connectivity index is 1.71. The summed E-state index contributed by atoms with van der Waals surface area (Å²) in [4.78, 5) is 16.0. The van der Waals surface area contributed by atoms with Crippen molar-refractivity contribution in [1.82, 2.24) is 9.36 Å². The Bertz CT molecular complexity index is 1090. The van der Waals surface area contributed by atoms with E-state index in [1.807, 2.05) is 0 Å². The second kappa shape index (κ2) is 7.96. The van der Waals surface area contributed by atoms with Gasteiger partial charge in [-0.1, -0.05) is 12.1 Å². The summed E-state index contributed by atoms with van der Waals surface area (Å²) in [7, 11) is 0. The van der Waals surface area contributed by atoms with Crippen molar-refractivity contribution in [3.63, 3.8) is 0 Å². The van der Waals surface area contributed by atoms with Crippen molar-refractivity contribution in [2.45, 2.75) is 31.3 Å². The average Bonchev–Trinajstić information content (AvgIpc) is 3.29. The second-order valence-electron chi connectivity index (χ2n) is 6.70. The number of rotatable bonds is 5. The fourth-order valence-electron chi connectivity index (χ4n) is 2.41. The van der Waals surface area contributed by atoms with Gasteiger partial charge in [0.2, 0.25) is 5.13 Å². The number of aromatic nitrogens is 2. The molecule has 1 aromatic carbocycles. The number of furan rings is 1. The number of anilines is 1. The van der Waals surface area contributed by atoms with Gasteiger partial charge in [0.25, 0.3) is 5.91 Å². The summed E-state index contributed by atoms with van der Waals surface area (Å²) in [5.74, 6) is -1.07. The second-order valence-corrected chi connectivity index (χ2v) is 7.45. The van der Waals surface area contributed by atoms with Crippen LogP contribution in [0.25, 0.3) is 11.3 Å². The highest BCUT2D eigenvalue weighted by Gasteiger charge is 2.50. The lowest BCUT2D eigenvalue weighted by Gasteiger charge is -2.24. The molecule has 1 unspecified atom stereocenters. The third-order valence-electron chi connectivity index (χ3n) is 4.14. The first kappa shape index (κ1) is 22.7. The molecule has 0 spiro atoms. The zero-order valence-electron chi connectivity index (χ0n) is 15.5. The number of halogens is 6. The summed E-state index contributed by atoms with van der Waals surface area (Å²) in [6.45, 7) is 0.576. The number of nitrogens with one attached hydrogen (secondary N) is 1. The van der Waals surface area contributed by atoms with Crippen molar-refractivity contribution < 1.29 is 40.7 Å². The van der Waals surface area contributed by atoms with E-state index in [4.69, 9.17) is 4.42 Å². The van der Waals surface area contributed by atoms with Crippen LogP contribution >= 0.6 is 11.5 Å². The normalized spacial score (nSPS) is 14.3. The SMILES string of the molecule is CC(O)(Cc1nsc(NC(=O)c2coc(-c3cccc(C(F)(F)F)c3)c2)n1)C(F)(F)F. The fourth-order valence-corrected chi connectivity index (χ4v) is 2.99. The first-order chi connectivity index (χ1) is 14.3. The number of carbonyl (C=O) groups is 1. The maximum absolute atomic E-state index is 12.8. The van der Waals surface area contributed by atoms with Gasteiger partial charge in [-0.15, -0.1) is 0 Å². The Morgan fingerprint density at radius 1 is 1.19 bits per heavy atom. The molecular formula is C18H13F6N3O3S. The Morgan fingerprint density at radius 2 is 1.90 bits per heavy atom. The predicted octanol–water partition coefficient (Wildman–Crippen LogP) is 4.93. The van der Waals surface area contributed by atoms with Crippen LogP contribution in [0.5, 0.6) is 0 Å². The van der Waals surface area contributed by atoms with Gasteiger partial charge in [0.1, 0.15) is 17.8 Å². The van der Waals surface area contributed by atoms with Gasteiger partial charge in [-0.3, -0.25) is 10.1 Å². The van der Waals surface area contributed by atoms with Crippen LogP contribution < -0.4 is 5.32 Å². The monoisotopic (exact) mass is 465 g/mol. The van der Waals surface area contributed by atoms with Crippen molar-refractivity contribution >= 4 is 22.6 Å². The van der Waals surface area contributed by atoms with Crippen molar-refractivity contribution in [2.75, 3.05) is 5.32 Å². The molecule has 166 valence electrons. The van der Waals surface area contributed by atoms with Crippen molar-refractivity contribution in [3.05, 3.63) is 53.5 Å². The molecule has 2 heterocycles. The smallest absolute Gasteiger partial charge is 0.417 e. The van der Waals surface area contributed by atoms with Crippen molar-refractivity contribution in [2.24, 2.45) is 0 Å². The summed E-state index contributed by atoms with van der Waals surface area (Å²) in [5, 5.41) is 11.7. The zero-order valence-corrected chi connectivity index (χ0v) is 16.3. The lowest BCUT2D eigenvalue weighted by molar-refractivity contribution is -0.252. The van der Waals surface area contributed by atoms with Crippen LogP contribution in [0.15, 0.2) is 41.0 Å². The van der Waals surface area contributed by atoms with Gasteiger partial charge >= 0.3 is 12.4 Å². The summed E-state index contributed by atoms with van der Waals surface area (Å²) >= 11 is 0.605. The van der Waals surface area contributed by atoms with E-state index in [0.717, 1.165) is 18.4 Å². The molecule has 31 heavy (non-hydrogen) atoms. The topological polar surface area (TPSA) is 88.3 Å².